The Bertz CT molecular complexity index is 1310. The van der Waals surface area contributed by atoms with Crippen LogP contribution in [0.15, 0.2) is 85.1 Å². The summed E-state index contributed by atoms with van der Waals surface area (Å²) in [6.45, 7) is 8.43. The number of nitrogens with one attached hydrogen (secondary N) is 1. The van der Waals surface area contributed by atoms with Crippen LogP contribution in [-0.4, -0.2) is 29.2 Å². The van der Waals surface area contributed by atoms with E-state index in [0.717, 1.165) is 39.2 Å². The standard InChI is InChI=1S/C29H27N3O/c1-20-8-12-23(13-9-20)25-14-26(24-6-5-7-28(17-24)32(3)4)16-27(15-25)29(33)31-19-22-11-10-21(2)30-18-22/h5-18H,3,19H2,1-2,4H3/p+1. The molecular weight excluding hydrogens is 406 g/mol. The third kappa shape index (κ3) is 5.42. The lowest BCUT2D eigenvalue weighted by molar-refractivity contribution is -0.394. The van der Waals surface area contributed by atoms with Crippen molar-refractivity contribution in [1.29, 1.82) is 0 Å². The van der Waals surface area contributed by atoms with E-state index < -0.39 is 0 Å². The Morgan fingerprint density at radius 2 is 1.61 bits per heavy atom. The van der Waals surface area contributed by atoms with E-state index in [1.165, 1.54) is 5.56 Å². The van der Waals surface area contributed by atoms with Crippen LogP contribution < -0.4 is 5.32 Å². The number of amides is 1. The van der Waals surface area contributed by atoms with E-state index in [0.29, 0.717) is 12.1 Å². The molecule has 1 amide bonds. The van der Waals surface area contributed by atoms with Gasteiger partial charge >= 0.3 is 0 Å². The molecule has 1 heterocycles. The van der Waals surface area contributed by atoms with Gasteiger partial charge in [0.15, 0.2) is 0 Å². The minimum Gasteiger partial charge on any atom is -0.348 e. The van der Waals surface area contributed by atoms with Gasteiger partial charge in [0.25, 0.3) is 5.91 Å². The third-order valence-electron chi connectivity index (χ3n) is 5.63. The first-order chi connectivity index (χ1) is 15.9. The Labute approximate surface area is 195 Å². The number of pyridine rings is 1. The van der Waals surface area contributed by atoms with Gasteiger partial charge in [-0.05, 0) is 65.9 Å². The summed E-state index contributed by atoms with van der Waals surface area (Å²) in [5.41, 5.74) is 8.85. The van der Waals surface area contributed by atoms with Gasteiger partial charge in [0, 0.05) is 36.1 Å². The normalized spacial score (nSPS) is 10.6. The van der Waals surface area contributed by atoms with Crippen LogP contribution in [0, 0.1) is 13.8 Å². The third-order valence-corrected chi connectivity index (χ3v) is 5.63. The first-order valence-electron chi connectivity index (χ1n) is 11.0. The molecule has 0 aliphatic carbocycles. The van der Waals surface area contributed by atoms with E-state index in [1.807, 2.05) is 54.9 Å². The zero-order chi connectivity index (χ0) is 23.4. The maximum absolute atomic E-state index is 13.1. The molecule has 0 spiro atoms. The van der Waals surface area contributed by atoms with Gasteiger partial charge in [-0.25, -0.2) is 4.58 Å². The molecule has 0 aliphatic rings. The first kappa shape index (κ1) is 22.2. The Kier molecular flexibility index (Phi) is 6.45. The summed E-state index contributed by atoms with van der Waals surface area (Å²) in [5.74, 6) is -0.115. The molecule has 3 aromatic carbocycles. The van der Waals surface area contributed by atoms with Crippen molar-refractivity contribution in [2.24, 2.45) is 0 Å². The lowest BCUT2D eigenvalue weighted by atomic mass is 9.95. The van der Waals surface area contributed by atoms with Gasteiger partial charge in [0.1, 0.15) is 13.8 Å². The molecule has 1 N–H and O–H groups in total. The van der Waals surface area contributed by atoms with Gasteiger partial charge in [0.05, 0.1) is 0 Å². The average Bonchev–Trinajstić information content (AvgIpc) is 2.83. The summed E-state index contributed by atoms with van der Waals surface area (Å²) in [7, 11) is 1.92. The predicted octanol–water partition coefficient (Wildman–Crippen LogP) is 5.94. The van der Waals surface area contributed by atoms with Crippen molar-refractivity contribution in [3.63, 3.8) is 0 Å². The fourth-order valence-electron chi connectivity index (χ4n) is 3.65. The van der Waals surface area contributed by atoms with Gasteiger partial charge in [0.2, 0.25) is 5.69 Å². The fraction of sp³-hybridized carbons (Fsp3) is 0.138. The minimum atomic E-state index is -0.115. The number of hydrogen-bond donors (Lipinski definition) is 1. The van der Waals surface area contributed by atoms with Gasteiger partial charge in [-0.15, -0.1) is 0 Å². The second-order valence-electron chi connectivity index (χ2n) is 8.40. The summed E-state index contributed by atoms with van der Waals surface area (Å²) in [4.78, 5) is 17.4. The summed E-state index contributed by atoms with van der Waals surface area (Å²) < 4.78 is 1.83. The van der Waals surface area contributed by atoms with Crippen molar-refractivity contribution >= 4 is 18.3 Å². The quantitative estimate of drug-likeness (QED) is 0.302. The Hall–Kier alpha value is -4.05. The summed E-state index contributed by atoms with van der Waals surface area (Å²) >= 11 is 0. The molecule has 4 heteroatoms. The molecule has 0 bridgehead atoms. The van der Waals surface area contributed by atoms with E-state index in [1.54, 1.807) is 6.20 Å². The highest BCUT2D eigenvalue weighted by Gasteiger charge is 2.13. The number of aromatic nitrogens is 1. The van der Waals surface area contributed by atoms with Crippen molar-refractivity contribution < 1.29 is 9.37 Å². The molecule has 4 nitrogen and oxygen atoms in total. The lowest BCUT2D eigenvalue weighted by Crippen LogP contribution is -2.23. The van der Waals surface area contributed by atoms with Gasteiger partial charge in [-0.2, -0.15) is 0 Å². The maximum Gasteiger partial charge on any atom is 0.251 e. The molecule has 0 aliphatic heterocycles. The molecule has 33 heavy (non-hydrogen) atoms. The maximum atomic E-state index is 13.1. The highest BCUT2D eigenvalue weighted by molar-refractivity contribution is 5.97. The van der Waals surface area contributed by atoms with Crippen LogP contribution in [0.4, 0.5) is 5.69 Å². The van der Waals surface area contributed by atoms with E-state index in [9.17, 15) is 4.79 Å². The molecule has 4 rings (SSSR count). The van der Waals surface area contributed by atoms with Crippen molar-refractivity contribution in [3.05, 3.63) is 107 Å². The van der Waals surface area contributed by atoms with Crippen LogP contribution in [0.1, 0.15) is 27.2 Å². The van der Waals surface area contributed by atoms with Gasteiger partial charge < -0.3 is 5.32 Å². The Morgan fingerprint density at radius 1 is 0.879 bits per heavy atom. The highest BCUT2D eigenvalue weighted by atomic mass is 16.1. The first-order valence-corrected chi connectivity index (χ1v) is 11.0. The van der Waals surface area contributed by atoms with Gasteiger partial charge in [-0.3, -0.25) is 9.78 Å². The molecule has 0 saturated heterocycles. The van der Waals surface area contributed by atoms with E-state index in [-0.39, 0.29) is 5.91 Å². The van der Waals surface area contributed by atoms with E-state index >= 15 is 0 Å². The number of aryl methyl sites for hydroxylation is 2. The second kappa shape index (κ2) is 9.61. The van der Waals surface area contributed by atoms with E-state index in [2.05, 4.69) is 66.4 Å². The molecule has 4 aromatic rings. The highest BCUT2D eigenvalue weighted by Crippen LogP contribution is 2.30. The Morgan fingerprint density at radius 3 is 2.27 bits per heavy atom. The average molecular weight is 435 g/mol. The summed E-state index contributed by atoms with van der Waals surface area (Å²) in [5, 5.41) is 3.03. The number of carbonyl (C=O) groups is 1. The van der Waals surface area contributed by atoms with Crippen LogP contribution in [-0.2, 0) is 6.54 Å². The lowest BCUT2D eigenvalue weighted by Gasteiger charge is -2.12. The summed E-state index contributed by atoms with van der Waals surface area (Å²) in [6, 6.07) is 26.5. The van der Waals surface area contributed by atoms with Gasteiger partial charge in [-0.1, -0.05) is 48.0 Å². The molecule has 0 atom stereocenters. The summed E-state index contributed by atoms with van der Waals surface area (Å²) in [6.07, 6.45) is 1.80. The number of rotatable bonds is 6. The Balaban J connectivity index is 1.71. The number of carbonyl (C=O) groups excluding carboxylic acids is 1. The molecule has 1 aromatic heterocycles. The molecule has 0 radical (unpaired) electrons. The van der Waals surface area contributed by atoms with Crippen LogP contribution in [0.5, 0.6) is 0 Å². The SMILES string of the molecule is C=[N+](C)c1cccc(-c2cc(C(=O)NCc3ccc(C)nc3)cc(-c3ccc(C)cc3)c2)c1. The van der Waals surface area contributed by atoms with Crippen molar-refractivity contribution in [2.45, 2.75) is 20.4 Å². The number of nitrogens with zero attached hydrogens (tertiary/aromatic N) is 2. The fourth-order valence-corrected chi connectivity index (χ4v) is 3.65. The van der Waals surface area contributed by atoms with Crippen molar-refractivity contribution in [3.8, 4) is 22.3 Å². The monoisotopic (exact) mass is 434 g/mol. The van der Waals surface area contributed by atoms with Crippen LogP contribution in [0.3, 0.4) is 0 Å². The molecule has 0 saturated carbocycles. The van der Waals surface area contributed by atoms with Crippen LogP contribution in [0.25, 0.3) is 22.3 Å². The minimum absolute atomic E-state index is 0.115. The topological polar surface area (TPSA) is 45.0 Å². The smallest absolute Gasteiger partial charge is 0.251 e. The molecular formula is C29H28N3O+. The van der Waals surface area contributed by atoms with Crippen molar-refractivity contribution in [1.82, 2.24) is 10.3 Å². The van der Waals surface area contributed by atoms with Crippen LogP contribution >= 0.6 is 0 Å². The predicted molar refractivity (Wildman–Crippen MR) is 135 cm³/mol. The largest absolute Gasteiger partial charge is 0.348 e. The zero-order valence-corrected chi connectivity index (χ0v) is 19.3. The molecule has 0 fully saturated rings. The van der Waals surface area contributed by atoms with Crippen LogP contribution in [0.2, 0.25) is 0 Å². The second-order valence-corrected chi connectivity index (χ2v) is 8.40. The molecule has 164 valence electrons. The number of benzene rings is 3. The van der Waals surface area contributed by atoms with Crippen molar-refractivity contribution in [2.75, 3.05) is 7.05 Å². The molecule has 0 unspecified atom stereocenters. The van der Waals surface area contributed by atoms with E-state index in [4.69, 9.17) is 0 Å². The number of hydrogen-bond acceptors (Lipinski definition) is 2. The zero-order valence-electron chi connectivity index (χ0n) is 19.3.